The molecule has 4 rings (SSSR count). The molecule has 9 heteroatoms. The van der Waals surface area contributed by atoms with Crippen LogP contribution in [0.4, 0.5) is 13.2 Å². The Morgan fingerprint density at radius 1 is 1.26 bits per heavy atom. The van der Waals surface area contributed by atoms with Gasteiger partial charge in [-0.3, -0.25) is 4.79 Å². The van der Waals surface area contributed by atoms with Crippen LogP contribution in [0.15, 0.2) is 29.0 Å². The zero-order valence-electron chi connectivity index (χ0n) is 11.5. The van der Waals surface area contributed by atoms with Gasteiger partial charge in [0.2, 0.25) is 0 Å². The lowest BCUT2D eigenvalue weighted by Crippen LogP contribution is -2.21. The smallest absolute Gasteiger partial charge is 0.453 e. The van der Waals surface area contributed by atoms with Crippen LogP contribution >= 0.6 is 0 Å². The zero-order chi connectivity index (χ0) is 16.2. The Morgan fingerprint density at radius 2 is 2.09 bits per heavy atom. The molecule has 0 amide bonds. The minimum atomic E-state index is -4.66. The Bertz CT molecular complexity index is 899. The third kappa shape index (κ3) is 2.28. The Kier molecular flexibility index (Phi) is 2.81. The number of hydrogen-bond acceptors (Lipinski definition) is 5. The summed E-state index contributed by atoms with van der Waals surface area (Å²) in [6, 6.07) is 3.49. The van der Waals surface area contributed by atoms with Gasteiger partial charge < -0.3 is 4.42 Å². The van der Waals surface area contributed by atoms with Gasteiger partial charge in [-0.25, -0.2) is 9.50 Å². The van der Waals surface area contributed by atoms with Crippen molar-refractivity contribution in [3.63, 3.8) is 0 Å². The Morgan fingerprint density at radius 3 is 2.78 bits per heavy atom. The first-order chi connectivity index (χ1) is 10.9. The van der Waals surface area contributed by atoms with E-state index in [0.717, 1.165) is 4.52 Å². The summed E-state index contributed by atoms with van der Waals surface area (Å²) in [5.74, 6) is -1.18. The number of Topliss-reactive ketones (excluding diaryl/α,β-unsaturated/α-hetero) is 1. The van der Waals surface area contributed by atoms with E-state index in [1.54, 1.807) is 12.1 Å². The first-order valence-corrected chi connectivity index (χ1v) is 6.82. The maximum absolute atomic E-state index is 12.7. The van der Waals surface area contributed by atoms with Crippen LogP contribution in [0.25, 0.3) is 5.78 Å². The van der Waals surface area contributed by atoms with Gasteiger partial charge in [0.25, 0.3) is 11.6 Å². The molecule has 0 unspecified atom stereocenters. The van der Waals surface area contributed by atoms with Gasteiger partial charge in [0, 0.05) is 25.0 Å². The van der Waals surface area contributed by atoms with Crippen molar-refractivity contribution >= 4 is 11.6 Å². The molecule has 0 bridgehead atoms. The number of carbonyl (C=O) groups excluding carboxylic acids is 1. The van der Waals surface area contributed by atoms with E-state index >= 15 is 0 Å². The molecule has 0 aromatic carbocycles. The molecule has 3 aromatic rings. The summed E-state index contributed by atoms with van der Waals surface area (Å²) >= 11 is 0. The van der Waals surface area contributed by atoms with E-state index in [2.05, 4.69) is 15.1 Å². The number of furan rings is 1. The van der Waals surface area contributed by atoms with E-state index in [1.807, 2.05) is 0 Å². The average Bonchev–Trinajstić information content (AvgIpc) is 3.13. The summed E-state index contributed by atoms with van der Waals surface area (Å²) in [6.45, 7) is 0. The highest BCUT2D eigenvalue weighted by molar-refractivity contribution is 5.98. The number of halogens is 3. The molecule has 0 N–H and O–H groups in total. The second-order valence-corrected chi connectivity index (χ2v) is 5.32. The molecular weight excluding hydrogens is 313 g/mol. The molecule has 1 aliphatic carbocycles. The number of fused-ring (bicyclic) bond motifs is 2. The molecule has 1 atom stereocenters. The molecule has 0 saturated heterocycles. The van der Waals surface area contributed by atoms with Crippen LogP contribution < -0.4 is 0 Å². The van der Waals surface area contributed by atoms with Crippen LogP contribution in [-0.4, -0.2) is 25.4 Å². The molecule has 0 radical (unpaired) electrons. The Hall–Kier alpha value is -2.71. The van der Waals surface area contributed by atoms with Crippen molar-refractivity contribution in [2.75, 3.05) is 0 Å². The third-order valence-electron chi connectivity index (χ3n) is 3.78. The highest BCUT2D eigenvalue weighted by Gasteiger charge is 2.37. The summed E-state index contributed by atoms with van der Waals surface area (Å²) in [5, 5.41) is 3.34. The second-order valence-electron chi connectivity index (χ2n) is 5.32. The van der Waals surface area contributed by atoms with Gasteiger partial charge in [-0.1, -0.05) is 0 Å². The summed E-state index contributed by atoms with van der Waals surface area (Å²) in [6.07, 6.45) is -1.26. The summed E-state index contributed by atoms with van der Waals surface area (Å²) in [5.41, 5.74) is 0.690. The fourth-order valence-electron chi connectivity index (χ4n) is 2.73. The Balaban J connectivity index is 1.79. The van der Waals surface area contributed by atoms with Crippen LogP contribution in [0.3, 0.4) is 0 Å². The van der Waals surface area contributed by atoms with Crippen molar-refractivity contribution in [3.05, 3.63) is 47.4 Å². The number of carbonyl (C=O) groups is 1. The van der Waals surface area contributed by atoms with E-state index < -0.39 is 12.0 Å². The molecule has 0 spiro atoms. The van der Waals surface area contributed by atoms with Crippen molar-refractivity contribution in [1.29, 1.82) is 0 Å². The van der Waals surface area contributed by atoms with Crippen LogP contribution in [0.1, 0.15) is 40.0 Å². The number of ketones is 1. The predicted octanol–water partition coefficient (Wildman–Crippen LogP) is 2.65. The standard InChI is InChI=1S/C14H9F3N4O2/c15-14(16,17)12-19-13-18-9-4-7(11-2-1-3-23-11)5-10(22)8(9)6-21(13)20-12/h1-3,6-7H,4-5H2/t7-/m0/s1. The highest BCUT2D eigenvalue weighted by atomic mass is 19.4. The minimum Gasteiger partial charge on any atom is -0.469 e. The largest absolute Gasteiger partial charge is 0.469 e. The molecule has 6 nitrogen and oxygen atoms in total. The van der Waals surface area contributed by atoms with E-state index in [0.29, 0.717) is 17.9 Å². The highest BCUT2D eigenvalue weighted by Crippen LogP contribution is 2.32. The number of aromatic nitrogens is 4. The first kappa shape index (κ1) is 13.9. The normalized spacial score (nSPS) is 18.4. The summed E-state index contributed by atoms with van der Waals surface area (Å²) in [7, 11) is 0. The fourth-order valence-corrected chi connectivity index (χ4v) is 2.73. The maximum Gasteiger partial charge on any atom is 0.453 e. The lowest BCUT2D eigenvalue weighted by molar-refractivity contribution is -0.144. The lowest BCUT2D eigenvalue weighted by atomic mass is 9.85. The molecule has 0 aliphatic heterocycles. The van der Waals surface area contributed by atoms with Crippen molar-refractivity contribution < 1.29 is 22.4 Å². The molecule has 3 heterocycles. The number of hydrogen-bond donors (Lipinski definition) is 0. The van der Waals surface area contributed by atoms with Gasteiger partial charge in [0.15, 0.2) is 5.78 Å². The summed E-state index contributed by atoms with van der Waals surface area (Å²) in [4.78, 5) is 19.7. The van der Waals surface area contributed by atoms with Gasteiger partial charge in [-0.15, -0.1) is 5.10 Å². The SMILES string of the molecule is O=C1C[C@@H](c2ccco2)Cc2nc3nc(C(F)(F)F)nn3cc21. The van der Waals surface area contributed by atoms with Crippen molar-refractivity contribution in [2.45, 2.75) is 24.9 Å². The predicted molar refractivity (Wildman–Crippen MR) is 69.9 cm³/mol. The van der Waals surface area contributed by atoms with E-state index in [-0.39, 0.29) is 29.5 Å². The zero-order valence-corrected chi connectivity index (χ0v) is 11.5. The topological polar surface area (TPSA) is 73.3 Å². The second kappa shape index (κ2) is 4.64. The lowest BCUT2D eigenvalue weighted by Gasteiger charge is -2.20. The van der Waals surface area contributed by atoms with Gasteiger partial charge in [0.05, 0.1) is 17.5 Å². The van der Waals surface area contributed by atoms with Crippen LogP contribution in [0.2, 0.25) is 0 Å². The molecule has 1 aliphatic rings. The van der Waals surface area contributed by atoms with Crippen molar-refractivity contribution in [3.8, 4) is 0 Å². The fraction of sp³-hybridized carbons (Fsp3) is 0.286. The van der Waals surface area contributed by atoms with E-state index in [9.17, 15) is 18.0 Å². The number of rotatable bonds is 1. The molecule has 0 fully saturated rings. The molecular formula is C14H9F3N4O2. The summed E-state index contributed by atoms with van der Waals surface area (Å²) < 4.78 is 44.3. The van der Waals surface area contributed by atoms with Gasteiger partial charge in [-0.05, 0) is 12.1 Å². The van der Waals surface area contributed by atoms with Crippen molar-refractivity contribution in [1.82, 2.24) is 19.6 Å². The number of nitrogens with zero attached hydrogens (tertiary/aromatic N) is 4. The van der Waals surface area contributed by atoms with Gasteiger partial charge in [0.1, 0.15) is 5.76 Å². The first-order valence-electron chi connectivity index (χ1n) is 6.82. The third-order valence-corrected chi connectivity index (χ3v) is 3.78. The molecule has 118 valence electrons. The molecule has 3 aromatic heterocycles. The Labute approximate surface area is 127 Å². The van der Waals surface area contributed by atoms with Crippen LogP contribution in [-0.2, 0) is 12.6 Å². The quantitative estimate of drug-likeness (QED) is 0.688. The maximum atomic E-state index is 12.7. The average molecular weight is 322 g/mol. The molecule has 23 heavy (non-hydrogen) atoms. The van der Waals surface area contributed by atoms with Gasteiger partial charge >= 0.3 is 6.18 Å². The van der Waals surface area contributed by atoms with Crippen LogP contribution in [0, 0.1) is 0 Å². The van der Waals surface area contributed by atoms with Crippen molar-refractivity contribution in [2.24, 2.45) is 0 Å². The minimum absolute atomic E-state index is 0.176. The van der Waals surface area contributed by atoms with Crippen LogP contribution in [0.5, 0.6) is 0 Å². The van der Waals surface area contributed by atoms with E-state index in [1.165, 1.54) is 12.5 Å². The van der Waals surface area contributed by atoms with E-state index in [4.69, 9.17) is 4.42 Å². The van der Waals surface area contributed by atoms with Gasteiger partial charge in [-0.2, -0.15) is 18.2 Å². The monoisotopic (exact) mass is 322 g/mol. The number of alkyl halides is 3. The molecule has 0 saturated carbocycles.